The van der Waals surface area contributed by atoms with Gasteiger partial charge in [0.2, 0.25) is 0 Å². The zero-order chi connectivity index (χ0) is 21.1. The van der Waals surface area contributed by atoms with Crippen molar-refractivity contribution < 1.29 is 9.23 Å². The first-order chi connectivity index (χ1) is 14.6. The van der Waals surface area contributed by atoms with E-state index in [9.17, 15) is 4.39 Å². The van der Waals surface area contributed by atoms with E-state index in [1.54, 1.807) is 16.9 Å². The molecule has 0 amide bonds. The van der Waals surface area contributed by atoms with Gasteiger partial charge in [-0.05, 0) is 57.2 Å². The van der Waals surface area contributed by atoms with E-state index in [0.717, 1.165) is 40.4 Å². The first kappa shape index (κ1) is 19.8. The molecule has 4 aromatic rings. The highest BCUT2D eigenvalue weighted by atomic mass is 19.1. The monoisotopic (exact) mass is 405 g/mol. The van der Waals surface area contributed by atoms with Gasteiger partial charge in [-0.2, -0.15) is 5.10 Å². The highest BCUT2D eigenvalue weighted by molar-refractivity contribution is 6.00. The van der Waals surface area contributed by atoms with Gasteiger partial charge in [-0.25, -0.2) is 14.1 Å². The number of aromatic nitrogens is 4. The quantitative estimate of drug-likeness (QED) is 0.330. The zero-order valence-electron chi connectivity index (χ0n) is 17.3. The Morgan fingerprint density at radius 2 is 2.00 bits per heavy atom. The van der Waals surface area contributed by atoms with Crippen LogP contribution in [-0.4, -0.2) is 31.7 Å². The molecular formula is C23H24FN5O. The number of oxime groups is 1. The highest BCUT2D eigenvalue weighted by Crippen LogP contribution is 2.22. The maximum absolute atomic E-state index is 13.7. The first-order valence-corrected chi connectivity index (χ1v) is 10.1. The fraction of sp³-hybridized carbons (Fsp3) is 0.261. The minimum Gasteiger partial charge on any atom is -0.396 e. The number of hydrogen-bond acceptors (Lipinski definition) is 4. The van der Waals surface area contributed by atoms with E-state index in [1.807, 2.05) is 38.1 Å². The van der Waals surface area contributed by atoms with Gasteiger partial charge in [0, 0.05) is 24.7 Å². The van der Waals surface area contributed by atoms with E-state index >= 15 is 0 Å². The number of aryl methyl sites for hydroxylation is 1. The Balaban J connectivity index is 1.71. The van der Waals surface area contributed by atoms with Crippen LogP contribution in [0.25, 0.3) is 16.7 Å². The second-order valence-corrected chi connectivity index (χ2v) is 6.96. The van der Waals surface area contributed by atoms with Crippen molar-refractivity contribution in [1.29, 1.82) is 0 Å². The Kier molecular flexibility index (Phi) is 5.61. The Morgan fingerprint density at radius 3 is 2.77 bits per heavy atom. The van der Waals surface area contributed by atoms with Gasteiger partial charge in [-0.15, -0.1) is 0 Å². The van der Waals surface area contributed by atoms with E-state index in [0.29, 0.717) is 18.7 Å². The van der Waals surface area contributed by atoms with E-state index in [-0.39, 0.29) is 5.82 Å². The fourth-order valence-electron chi connectivity index (χ4n) is 3.57. The average Bonchev–Trinajstić information content (AvgIpc) is 3.35. The first-order valence-electron chi connectivity index (χ1n) is 10.1. The van der Waals surface area contributed by atoms with Crippen molar-refractivity contribution in [2.75, 3.05) is 6.61 Å². The summed E-state index contributed by atoms with van der Waals surface area (Å²) < 4.78 is 17.6. The zero-order valence-corrected chi connectivity index (χ0v) is 17.3. The lowest BCUT2D eigenvalue weighted by Crippen LogP contribution is -2.07. The number of nitrogens with zero attached hydrogens (tertiary/aromatic N) is 5. The van der Waals surface area contributed by atoms with Crippen LogP contribution >= 0.6 is 0 Å². The minimum atomic E-state index is -0.286. The molecule has 4 rings (SSSR count). The van der Waals surface area contributed by atoms with Gasteiger partial charge in [0.1, 0.15) is 18.2 Å². The van der Waals surface area contributed by atoms with Gasteiger partial charge in [0.25, 0.3) is 0 Å². The van der Waals surface area contributed by atoms with Crippen LogP contribution in [0.3, 0.4) is 0 Å². The van der Waals surface area contributed by atoms with Crippen molar-refractivity contribution >= 4 is 16.7 Å². The molecule has 0 saturated carbocycles. The molecule has 2 aromatic carbocycles. The normalized spacial score (nSPS) is 11.9. The third-order valence-corrected chi connectivity index (χ3v) is 5.00. The molecule has 2 heterocycles. The largest absolute Gasteiger partial charge is 0.396 e. The van der Waals surface area contributed by atoms with Gasteiger partial charge in [-0.3, -0.25) is 0 Å². The average molecular weight is 405 g/mol. The van der Waals surface area contributed by atoms with Crippen LogP contribution in [0, 0.1) is 5.82 Å². The third-order valence-electron chi connectivity index (χ3n) is 5.00. The van der Waals surface area contributed by atoms with Crippen molar-refractivity contribution in [3.63, 3.8) is 0 Å². The molecule has 2 aromatic heterocycles. The summed E-state index contributed by atoms with van der Waals surface area (Å²) in [5, 5.41) is 8.50. The number of hydrogen-bond donors (Lipinski definition) is 0. The topological polar surface area (TPSA) is 57.2 Å². The highest BCUT2D eigenvalue weighted by Gasteiger charge is 2.14. The summed E-state index contributed by atoms with van der Waals surface area (Å²) in [6.07, 6.45) is 2.31. The van der Waals surface area contributed by atoms with Gasteiger partial charge in [-0.1, -0.05) is 17.3 Å². The SMILES string of the molecule is CCON=C(C)c1ccc2c(c1)nc(Cc1ccnn1-c1cccc(F)c1)n2CC. The number of imidazole rings is 1. The van der Waals surface area contributed by atoms with E-state index in [1.165, 1.54) is 12.1 Å². The smallest absolute Gasteiger partial charge is 0.125 e. The van der Waals surface area contributed by atoms with Crippen molar-refractivity contribution in [3.05, 3.63) is 77.6 Å². The molecule has 0 N–H and O–H groups in total. The number of halogens is 1. The molecule has 0 saturated heterocycles. The standard InChI is InChI=1S/C23H24FN5O/c1-4-28-22-10-9-17(16(3)27-30-5-2)13-21(22)26-23(28)15-20-11-12-25-29(20)19-8-6-7-18(24)14-19/h6-14H,4-5,15H2,1-3H3. The van der Waals surface area contributed by atoms with E-state index in [4.69, 9.17) is 9.82 Å². The van der Waals surface area contributed by atoms with Crippen LogP contribution in [0.1, 0.15) is 37.9 Å². The van der Waals surface area contributed by atoms with Crippen LogP contribution in [0.2, 0.25) is 0 Å². The Labute approximate surface area is 174 Å². The molecule has 0 aliphatic carbocycles. The van der Waals surface area contributed by atoms with Gasteiger partial charge < -0.3 is 9.40 Å². The van der Waals surface area contributed by atoms with Crippen molar-refractivity contribution in [3.8, 4) is 5.69 Å². The number of rotatable bonds is 7. The third kappa shape index (κ3) is 3.83. The molecule has 0 aliphatic rings. The summed E-state index contributed by atoms with van der Waals surface area (Å²) in [5.41, 5.74) is 5.41. The number of fused-ring (bicyclic) bond motifs is 1. The lowest BCUT2D eigenvalue weighted by atomic mass is 10.1. The molecule has 30 heavy (non-hydrogen) atoms. The Hall–Kier alpha value is -3.48. The lowest BCUT2D eigenvalue weighted by molar-refractivity contribution is 0.159. The molecule has 0 spiro atoms. The summed E-state index contributed by atoms with van der Waals surface area (Å²) in [6.45, 7) is 7.26. The summed E-state index contributed by atoms with van der Waals surface area (Å²) in [5.74, 6) is 0.647. The van der Waals surface area contributed by atoms with E-state index < -0.39 is 0 Å². The maximum Gasteiger partial charge on any atom is 0.125 e. The van der Waals surface area contributed by atoms with Gasteiger partial charge >= 0.3 is 0 Å². The van der Waals surface area contributed by atoms with Crippen molar-refractivity contribution in [2.45, 2.75) is 33.7 Å². The van der Waals surface area contributed by atoms with Gasteiger partial charge in [0.15, 0.2) is 0 Å². The fourth-order valence-corrected chi connectivity index (χ4v) is 3.57. The van der Waals surface area contributed by atoms with Crippen LogP contribution in [0.5, 0.6) is 0 Å². The van der Waals surface area contributed by atoms with Crippen molar-refractivity contribution in [2.24, 2.45) is 5.16 Å². The second kappa shape index (κ2) is 8.49. The van der Waals surface area contributed by atoms with Crippen LogP contribution in [0.4, 0.5) is 4.39 Å². The molecule has 0 fully saturated rings. The number of benzene rings is 2. The molecule has 0 unspecified atom stereocenters. The molecule has 7 heteroatoms. The van der Waals surface area contributed by atoms with Gasteiger partial charge in [0.05, 0.1) is 28.1 Å². The molecule has 0 aliphatic heterocycles. The van der Waals surface area contributed by atoms with Crippen LogP contribution in [-0.2, 0) is 17.8 Å². The summed E-state index contributed by atoms with van der Waals surface area (Å²) in [4.78, 5) is 10.1. The second-order valence-electron chi connectivity index (χ2n) is 6.96. The van der Waals surface area contributed by atoms with Crippen LogP contribution in [0.15, 0.2) is 59.9 Å². The Morgan fingerprint density at radius 1 is 1.13 bits per heavy atom. The Bertz CT molecular complexity index is 1210. The predicted molar refractivity (Wildman–Crippen MR) is 116 cm³/mol. The summed E-state index contributed by atoms with van der Waals surface area (Å²) in [6, 6.07) is 14.5. The molecule has 0 atom stereocenters. The molecule has 0 radical (unpaired) electrons. The lowest BCUT2D eigenvalue weighted by Gasteiger charge is -2.09. The summed E-state index contributed by atoms with van der Waals surface area (Å²) >= 11 is 0. The molecule has 6 nitrogen and oxygen atoms in total. The van der Waals surface area contributed by atoms with Crippen molar-refractivity contribution in [1.82, 2.24) is 19.3 Å². The van der Waals surface area contributed by atoms with E-state index in [2.05, 4.69) is 27.8 Å². The summed E-state index contributed by atoms with van der Waals surface area (Å²) in [7, 11) is 0. The van der Waals surface area contributed by atoms with Crippen LogP contribution < -0.4 is 0 Å². The minimum absolute atomic E-state index is 0.286. The predicted octanol–water partition coefficient (Wildman–Crippen LogP) is 4.73. The molecule has 0 bridgehead atoms. The molecular weight excluding hydrogens is 381 g/mol. The molecule has 154 valence electrons. The maximum atomic E-state index is 13.7.